The van der Waals surface area contributed by atoms with Crippen LogP contribution in [0.1, 0.15) is 29.9 Å². The summed E-state index contributed by atoms with van der Waals surface area (Å²) in [7, 11) is 0. The molecule has 4 rings (SSSR count). The molecule has 0 fully saturated rings. The van der Waals surface area contributed by atoms with Crippen LogP contribution in [-0.2, 0) is 16.0 Å². The molecule has 10 heteroatoms. The Balaban J connectivity index is 1.71. The van der Waals surface area contributed by atoms with Crippen LogP contribution in [0.15, 0.2) is 58.7 Å². The minimum atomic E-state index is -0.662. The third kappa shape index (κ3) is 5.36. The molecular weight excluding hydrogens is 490 g/mol. The molecule has 0 atom stereocenters. The number of nitrogens with one attached hydrogen (secondary N) is 1. The normalized spacial score (nSPS) is 10.8. The molecule has 0 saturated heterocycles. The molecule has 180 valence electrons. The zero-order chi connectivity index (χ0) is 24.9. The van der Waals surface area contributed by atoms with Crippen LogP contribution in [0.2, 0.25) is 5.02 Å². The van der Waals surface area contributed by atoms with Crippen LogP contribution in [0.4, 0.5) is 5.00 Å². The Labute approximate surface area is 210 Å². The number of ether oxygens (including phenoxy) is 2. The third-order valence-corrected chi connectivity index (χ3v) is 6.19. The summed E-state index contributed by atoms with van der Waals surface area (Å²) in [5, 5.41) is 10.0. The minimum absolute atomic E-state index is 0.0142. The minimum Gasteiger partial charge on any atom is -0.494 e. The van der Waals surface area contributed by atoms with Gasteiger partial charge in [-0.2, -0.15) is 9.78 Å². The smallest absolute Gasteiger partial charge is 0.359 e. The van der Waals surface area contributed by atoms with E-state index >= 15 is 0 Å². The van der Waals surface area contributed by atoms with E-state index in [2.05, 4.69) is 10.4 Å². The van der Waals surface area contributed by atoms with Crippen molar-refractivity contribution in [2.75, 3.05) is 18.5 Å². The van der Waals surface area contributed by atoms with Gasteiger partial charge in [-0.05, 0) is 55.8 Å². The van der Waals surface area contributed by atoms with Crippen LogP contribution in [0.25, 0.3) is 16.5 Å². The molecule has 2 aromatic heterocycles. The van der Waals surface area contributed by atoms with Gasteiger partial charge in [0.2, 0.25) is 5.91 Å². The summed E-state index contributed by atoms with van der Waals surface area (Å²) >= 11 is 7.12. The Morgan fingerprint density at radius 2 is 1.77 bits per heavy atom. The lowest BCUT2D eigenvalue weighted by atomic mass is 10.1. The lowest BCUT2D eigenvalue weighted by Gasteiger charge is -2.10. The lowest BCUT2D eigenvalue weighted by molar-refractivity contribution is -0.115. The number of carbonyl (C=O) groups is 2. The molecule has 0 aliphatic rings. The number of thiophene rings is 1. The van der Waals surface area contributed by atoms with Crippen molar-refractivity contribution in [3.8, 4) is 11.4 Å². The average Bonchev–Trinajstić information content (AvgIpc) is 3.25. The second-order valence-corrected chi connectivity index (χ2v) is 8.73. The molecule has 0 aliphatic heterocycles. The molecule has 0 aliphatic carbocycles. The summed E-state index contributed by atoms with van der Waals surface area (Å²) in [6, 6.07) is 13.7. The predicted molar refractivity (Wildman–Crippen MR) is 136 cm³/mol. The van der Waals surface area contributed by atoms with Crippen molar-refractivity contribution in [2.24, 2.45) is 0 Å². The quantitative estimate of drug-likeness (QED) is 0.339. The number of aromatic nitrogens is 2. The van der Waals surface area contributed by atoms with E-state index in [-0.39, 0.29) is 30.0 Å². The maximum atomic E-state index is 13.4. The first-order valence-corrected chi connectivity index (χ1v) is 12.2. The number of amides is 1. The highest BCUT2D eigenvalue weighted by molar-refractivity contribution is 7.16. The summed E-state index contributed by atoms with van der Waals surface area (Å²) in [5.74, 6) is -0.238. The summed E-state index contributed by atoms with van der Waals surface area (Å²) < 4.78 is 11.7. The van der Waals surface area contributed by atoms with Crippen LogP contribution in [0.3, 0.4) is 0 Å². The van der Waals surface area contributed by atoms with Crippen molar-refractivity contribution in [1.82, 2.24) is 9.78 Å². The van der Waals surface area contributed by atoms with Gasteiger partial charge < -0.3 is 14.8 Å². The Morgan fingerprint density at radius 1 is 1.06 bits per heavy atom. The van der Waals surface area contributed by atoms with Crippen LogP contribution in [0, 0.1) is 0 Å². The van der Waals surface area contributed by atoms with Crippen molar-refractivity contribution >= 4 is 50.6 Å². The van der Waals surface area contributed by atoms with Crippen LogP contribution in [-0.4, -0.2) is 34.9 Å². The van der Waals surface area contributed by atoms with Crippen molar-refractivity contribution < 1.29 is 19.1 Å². The van der Waals surface area contributed by atoms with Gasteiger partial charge in [-0.25, -0.2) is 4.79 Å². The first-order chi connectivity index (χ1) is 16.9. The van der Waals surface area contributed by atoms with Gasteiger partial charge in [-0.1, -0.05) is 23.7 Å². The van der Waals surface area contributed by atoms with Gasteiger partial charge in [-0.3, -0.25) is 9.59 Å². The zero-order valence-corrected chi connectivity index (χ0v) is 20.6. The van der Waals surface area contributed by atoms with Gasteiger partial charge in [0.05, 0.1) is 30.7 Å². The van der Waals surface area contributed by atoms with E-state index in [4.69, 9.17) is 21.1 Å². The highest BCUT2D eigenvalue weighted by Crippen LogP contribution is 2.31. The maximum Gasteiger partial charge on any atom is 0.359 e. The van der Waals surface area contributed by atoms with Gasteiger partial charge >= 0.3 is 5.97 Å². The molecule has 0 spiro atoms. The number of halogens is 1. The number of rotatable bonds is 8. The molecule has 0 radical (unpaired) electrons. The fourth-order valence-electron chi connectivity index (χ4n) is 3.48. The van der Waals surface area contributed by atoms with E-state index in [1.165, 1.54) is 0 Å². The Morgan fingerprint density at radius 3 is 2.43 bits per heavy atom. The van der Waals surface area contributed by atoms with E-state index < -0.39 is 11.5 Å². The van der Waals surface area contributed by atoms with Crippen molar-refractivity contribution in [2.45, 2.75) is 20.3 Å². The fraction of sp³-hybridized carbons (Fsp3) is 0.200. The Bertz CT molecular complexity index is 1430. The monoisotopic (exact) mass is 511 g/mol. The van der Waals surface area contributed by atoms with Crippen LogP contribution < -0.4 is 15.6 Å². The molecule has 0 bridgehead atoms. The number of hydrogen-bond acceptors (Lipinski definition) is 7. The average molecular weight is 512 g/mol. The largest absolute Gasteiger partial charge is 0.494 e. The maximum absolute atomic E-state index is 13.4. The molecule has 35 heavy (non-hydrogen) atoms. The predicted octanol–water partition coefficient (Wildman–Crippen LogP) is 4.86. The number of anilines is 1. The Kier molecular flexibility index (Phi) is 7.48. The number of nitrogens with zero attached hydrogens (tertiary/aromatic N) is 2. The van der Waals surface area contributed by atoms with Crippen molar-refractivity contribution in [3.05, 3.63) is 80.5 Å². The molecule has 4 aromatic rings. The number of fused-ring (bicyclic) bond motifs is 1. The van der Waals surface area contributed by atoms with Gasteiger partial charge in [-0.15, -0.1) is 11.3 Å². The number of esters is 1. The molecule has 1 N–H and O–H groups in total. The first kappa shape index (κ1) is 24.4. The fourth-order valence-corrected chi connectivity index (χ4v) is 4.55. The first-order valence-electron chi connectivity index (χ1n) is 10.9. The molecular formula is C25H22ClN3O5S. The highest BCUT2D eigenvalue weighted by Gasteiger charge is 2.23. The molecule has 1 amide bonds. The summed E-state index contributed by atoms with van der Waals surface area (Å²) in [6.07, 6.45) is 0.104. The second kappa shape index (κ2) is 10.7. The zero-order valence-electron chi connectivity index (χ0n) is 19.0. The second-order valence-electron chi connectivity index (χ2n) is 7.42. The molecule has 8 nitrogen and oxygen atoms in total. The topological polar surface area (TPSA) is 99.5 Å². The molecule has 0 unspecified atom stereocenters. The third-order valence-electron chi connectivity index (χ3n) is 5.04. The van der Waals surface area contributed by atoms with Crippen molar-refractivity contribution in [1.29, 1.82) is 0 Å². The lowest BCUT2D eigenvalue weighted by Crippen LogP contribution is -2.25. The Hall–Kier alpha value is -3.69. The van der Waals surface area contributed by atoms with Gasteiger partial charge in [0, 0.05) is 15.8 Å². The van der Waals surface area contributed by atoms with Gasteiger partial charge in [0.1, 0.15) is 10.8 Å². The highest BCUT2D eigenvalue weighted by atomic mass is 35.5. The molecule has 2 heterocycles. The molecule has 2 aromatic carbocycles. The summed E-state index contributed by atoms with van der Waals surface area (Å²) in [5.41, 5.74) is 0.719. The van der Waals surface area contributed by atoms with E-state index in [9.17, 15) is 14.4 Å². The standard InChI is InChI=1S/C25H22ClN3O5S/c1-3-33-18-11-5-15(6-12-18)13-20(30)27-23-21-19(14-35-23)22(25(32)34-4-2)28-29(24(21)31)17-9-7-16(26)8-10-17/h5-12,14H,3-4,13H2,1-2H3,(H,27,30). The van der Waals surface area contributed by atoms with Crippen molar-refractivity contribution in [3.63, 3.8) is 0 Å². The summed E-state index contributed by atoms with van der Waals surface area (Å²) in [4.78, 5) is 38.9. The van der Waals surface area contributed by atoms with Gasteiger partial charge in [0.15, 0.2) is 5.69 Å². The molecule has 0 saturated carbocycles. The summed E-state index contributed by atoms with van der Waals surface area (Å²) in [6.45, 7) is 4.29. The van der Waals surface area contributed by atoms with E-state index in [0.29, 0.717) is 27.7 Å². The van der Waals surface area contributed by atoms with Gasteiger partial charge in [0.25, 0.3) is 5.56 Å². The number of carbonyl (C=O) groups excluding carboxylic acids is 2. The van der Waals surface area contributed by atoms with Crippen LogP contribution >= 0.6 is 22.9 Å². The SMILES string of the molecule is CCOC(=O)c1nn(-c2ccc(Cl)cc2)c(=O)c2c(NC(=O)Cc3ccc(OCC)cc3)scc12. The number of hydrogen-bond donors (Lipinski definition) is 1. The van der Waals surface area contributed by atoms with E-state index in [1.54, 1.807) is 48.7 Å². The van der Waals surface area contributed by atoms with E-state index in [1.807, 2.05) is 19.1 Å². The number of benzene rings is 2. The van der Waals surface area contributed by atoms with E-state index in [0.717, 1.165) is 27.3 Å². The van der Waals surface area contributed by atoms with Crippen LogP contribution in [0.5, 0.6) is 5.75 Å².